The van der Waals surface area contributed by atoms with Crippen molar-refractivity contribution in [1.29, 1.82) is 5.26 Å². The number of aromatic nitrogens is 1. The second-order valence-electron chi connectivity index (χ2n) is 5.70. The number of oxazole rings is 1. The van der Waals surface area contributed by atoms with Gasteiger partial charge in [-0.3, -0.25) is 0 Å². The van der Waals surface area contributed by atoms with Crippen LogP contribution in [0.3, 0.4) is 0 Å². The van der Waals surface area contributed by atoms with E-state index in [0.29, 0.717) is 12.3 Å². The van der Waals surface area contributed by atoms with Gasteiger partial charge in [-0.25, -0.2) is 4.39 Å². The van der Waals surface area contributed by atoms with Crippen LogP contribution in [-0.2, 0) is 0 Å². The zero-order valence-corrected chi connectivity index (χ0v) is 13.9. The number of rotatable bonds is 6. The van der Waals surface area contributed by atoms with Crippen molar-refractivity contribution < 1.29 is 13.2 Å². The normalized spacial score (nSPS) is 12.1. The molecule has 0 bridgehead atoms. The summed E-state index contributed by atoms with van der Waals surface area (Å²) in [6.45, 7) is 0.458. The smallest absolute Gasteiger partial charge is 0.266 e. The molecule has 0 aliphatic rings. The summed E-state index contributed by atoms with van der Waals surface area (Å²) < 4.78 is 24.0. The van der Waals surface area contributed by atoms with Gasteiger partial charge >= 0.3 is 0 Å². The van der Waals surface area contributed by atoms with E-state index in [9.17, 15) is 9.65 Å². The van der Waals surface area contributed by atoms with E-state index in [-0.39, 0.29) is 29.3 Å². The van der Waals surface area contributed by atoms with Gasteiger partial charge < -0.3 is 19.1 Å². The molecule has 2 aromatic heterocycles. The number of nitrogens with one attached hydrogen (secondary N) is 1. The molecule has 0 fully saturated rings. The second-order valence-corrected chi connectivity index (χ2v) is 5.70. The third kappa shape index (κ3) is 3.70. The lowest BCUT2D eigenvalue weighted by Gasteiger charge is -2.25. The second kappa shape index (κ2) is 7.20. The molecule has 1 atom stereocenters. The average Bonchev–Trinajstić information content (AvgIpc) is 3.25. The Labute approximate surface area is 144 Å². The van der Waals surface area contributed by atoms with E-state index >= 15 is 0 Å². The summed E-state index contributed by atoms with van der Waals surface area (Å²) in [5.41, 5.74) is 1.10. The fourth-order valence-electron chi connectivity index (χ4n) is 2.49. The number of benzene rings is 1. The Balaban J connectivity index is 1.79. The summed E-state index contributed by atoms with van der Waals surface area (Å²) in [7, 11) is 3.85. The Morgan fingerprint density at radius 2 is 2.04 bits per heavy atom. The molecule has 0 saturated carbocycles. The SMILES string of the molecule is CN(C)C(CNc1oc(-c2ccco2)nc1C#N)c1ccc(F)cc1. The molecule has 128 valence electrons. The fourth-order valence-corrected chi connectivity index (χ4v) is 2.49. The minimum atomic E-state index is -0.278. The Morgan fingerprint density at radius 3 is 2.64 bits per heavy atom. The molecule has 1 N–H and O–H groups in total. The van der Waals surface area contributed by atoms with E-state index in [0.717, 1.165) is 5.56 Å². The summed E-state index contributed by atoms with van der Waals surface area (Å²) in [6.07, 6.45) is 1.51. The Hall–Kier alpha value is -3.11. The summed E-state index contributed by atoms with van der Waals surface area (Å²) >= 11 is 0. The van der Waals surface area contributed by atoms with Crippen LogP contribution >= 0.6 is 0 Å². The molecule has 0 saturated heterocycles. The van der Waals surface area contributed by atoms with Crippen molar-refractivity contribution in [3.63, 3.8) is 0 Å². The number of hydrogen-bond donors (Lipinski definition) is 1. The Morgan fingerprint density at radius 1 is 1.28 bits per heavy atom. The molecule has 0 spiro atoms. The van der Waals surface area contributed by atoms with Gasteiger partial charge in [-0.2, -0.15) is 10.2 Å². The highest BCUT2D eigenvalue weighted by Gasteiger charge is 2.19. The van der Waals surface area contributed by atoms with Gasteiger partial charge in [-0.15, -0.1) is 0 Å². The van der Waals surface area contributed by atoms with E-state index in [1.807, 2.05) is 25.1 Å². The maximum absolute atomic E-state index is 13.1. The van der Waals surface area contributed by atoms with E-state index in [1.165, 1.54) is 18.4 Å². The van der Waals surface area contributed by atoms with E-state index in [1.54, 1.807) is 24.3 Å². The predicted octanol–water partition coefficient (Wildman–Crippen LogP) is 3.66. The molecule has 1 aromatic carbocycles. The number of likely N-dealkylation sites (N-methyl/N-ethyl adjacent to an activating group) is 1. The lowest BCUT2D eigenvalue weighted by atomic mass is 10.1. The first-order chi connectivity index (χ1) is 12.1. The maximum Gasteiger partial charge on any atom is 0.266 e. The highest BCUT2D eigenvalue weighted by atomic mass is 19.1. The third-order valence-electron chi connectivity index (χ3n) is 3.80. The van der Waals surface area contributed by atoms with Crippen LogP contribution in [0.1, 0.15) is 17.3 Å². The van der Waals surface area contributed by atoms with Crippen molar-refractivity contribution in [3.05, 3.63) is 59.7 Å². The van der Waals surface area contributed by atoms with Crippen LogP contribution in [0.2, 0.25) is 0 Å². The first-order valence-electron chi connectivity index (χ1n) is 7.69. The van der Waals surface area contributed by atoms with Gasteiger partial charge in [-0.05, 0) is 43.9 Å². The highest BCUT2D eigenvalue weighted by Crippen LogP contribution is 2.27. The standard InChI is InChI=1S/C18H17FN4O2/c1-23(2)15(12-5-7-13(19)8-6-12)11-21-17-14(10-20)22-18(25-17)16-4-3-9-24-16/h3-9,15,21H,11H2,1-2H3. The van der Waals surface area contributed by atoms with Crippen molar-refractivity contribution in [2.45, 2.75) is 6.04 Å². The fraction of sp³-hybridized carbons (Fsp3) is 0.222. The quantitative estimate of drug-likeness (QED) is 0.738. The predicted molar refractivity (Wildman–Crippen MR) is 90.2 cm³/mol. The molecule has 2 heterocycles. The summed E-state index contributed by atoms with van der Waals surface area (Å²) in [5.74, 6) is 0.696. The van der Waals surface area contributed by atoms with Crippen LogP contribution in [0.25, 0.3) is 11.7 Å². The zero-order chi connectivity index (χ0) is 17.8. The first kappa shape index (κ1) is 16.7. The summed E-state index contributed by atoms with van der Waals surface area (Å²) in [5, 5.41) is 12.4. The topological polar surface area (TPSA) is 78.2 Å². The van der Waals surface area contributed by atoms with Gasteiger partial charge in [-0.1, -0.05) is 12.1 Å². The van der Waals surface area contributed by atoms with Crippen LogP contribution < -0.4 is 5.32 Å². The minimum Gasteiger partial charge on any atom is -0.459 e. The van der Waals surface area contributed by atoms with Crippen LogP contribution in [0.4, 0.5) is 10.3 Å². The Bertz CT molecular complexity index is 864. The van der Waals surface area contributed by atoms with Crippen molar-refractivity contribution >= 4 is 5.88 Å². The van der Waals surface area contributed by atoms with Crippen molar-refractivity contribution in [2.24, 2.45) is 0 Å². The van der Waals surface area contributed by atoms with Crippen molar-refractivity contribution in [1.82, 2.24) is 9.88 Å². The molecule has 0 aliphatic carbocycles. The molecule has 0 radical (unpaired) electrons. The van der Waals surface area contributed by atoms with Gasteiger partial charge in [0.1, 0.15) is 11.9 Å². The summed E-state index contributed by atoms with van der Waals surface area (Å²) in [6, 6.07) is 11.7. The largest absolute Gasteiger partial charge is 0.459 e. The molecule has 0 amide bonds. The van der Waals surface area contributed by atoms with Crippen LogP contribution in [-0.4, -0.2) is 30.5 Å². The molecule has 1 unspecified atom stereocenters. The van der Waals surface area contributed by atoms with Crippen molar-refractivity contribution in [2.75, 3.05) is 26.0 Å². The lowest BCUT2D eigenvalue weighted by Crippen LogP contribution is -2.26. The molecule has 3 rings (SSSR count). The lowest BCUT2D eigenvalue weighted by molar-refractivity contribution is 0.310. The van der Waals surface area contributed by atoms with Gasteiger partial charge in [0.15, 0.2) is 5.76 Å². The number of furan rings is 1. The van der Waals surface area contributed by atoms with E-state index < -0.39 is 0 Å². The monoisotopic (exact) mass is 340 g/mol. The van der Waals surface area contributed by atoms with Gasteiger partial charge in [0, 0.05) is 6.54 Å². The molecule has 7 heteroatoms. The van der Waals surface area contributed by atoms with Crippen LogP contribution in [0.15, 0.2) is 51.5 Å². The van der Waals surface area contributed by atoms with Crippen LogP contribution in [0.5, 0.6) is 0 Å². The Kier molecular flexibility index (Phi) is 4.82. The van der Waals surface area contributed by atoms with E-state index in [2.05, 4.69) is 10.3 Å². The molecule has 25 heavy (non-hydrogen) atoms. The maximum atomic E-state index is 13.1. The number of halogens is 1. The van der Waals surface area contributed by atoms with Gasteiger partial charge in [0.25, 0.3) is 5.89 Å². The third-order valence-corrected chi connectivity index (χ3v) is 3.80. The highest BCUT2D eigenvalue weighted by molar-refractivity contribution is 5.54. The number of nitrogens with zero attached hydrogens (tertiary/aromatic N) is 3. The molecule has 6 nitrogen and oxygen atoms in total. The molecule has 0 aliphatic heterocycles. The molecular formula is C18H17FN4O2. The van der Waals surface area contributed by atoms with Gasteiger partial charge in [0.2, 0.25) is 11.6 Å². The van der Waals surface area contributed by atoms with Gasteiger partial charge in [0.05, 0.1) is 12.3 Å². The van der Waals surface area contributed by atoms with Crippen LogP contribution in [0, 0.1) is 17.1 Å². The number of nitriles is 1. The van der Waals surface area contributed by atoms with E-state index in [4.69, 9.17) is 8.83 Å². The first-order valence-corrected chi connectivity index (χ1v) is 7.69. The average molecular weight is 340 g/mol. The minimum absolute atomic E-state index is 0.0377. The summed E-state index contributed by atoms with van der Waals surface area (Å²) in [4.78, 5) is 6.13. The number of hydrogen-bond acceptors (Lipinski definition) is 6. The van der Waals surface area contributed by atoms with Crippen molar-refractivity contribution in [3.8, 4) is 17.7 Å². The number of anilines is 1. The zero-order valence-electron chi connectivity index (χ0n) is 13.9. The molecular weight excluding hydrogens is 323 g/mol. The molecule has 3 aromatic rings.